The van der Waals surface area contributed by atoms with Crippen molar-refractivity contribution >= 4 is 28.3 Å². The topological polar surface area (TPSA) is 79.6 Å². The zero-order valence-corrected chi connectivity index (χ0v) is 16.1. The lowest BCUT2D eigenvalue weighted by atomic mass is 10.1. The minimum absolute atomic E-state index is 0.304. The molecule has 0 spiro atoms. The van der Waals surface area contributed by atoms with Crippen LogP contribution < -0.4 is 10.2 Å². The second kappa shape index (κ2) is 8.18. The van der Waals surface area contributed by atoms with E-state index in [4.69, 9.17) is 4.74 Å². The summed E-state index contributed by atoms with van der Waals surface area (Å²) in [7, 11) is 0. The van der Waals surface area contributed by atoms with E-state index in [-0.39, 0.29) is 5.82 Å². The van der Waals surface area contributed by atoms with Gasteiger partial charge in [0.25, 0.3) is 5.91 Å². The third-order valence-corrected chi connectivity index (χ3v) is 5.04. The van der Waals surface area contributed by atoms with Crippen molar-refractivity contribution in [2.24, 2.45) is 0 Å². The molecular formula is C21H23FN4O3. The first-order valence-electron chi connectivity index (χ1n) is 9.67. The van der Waals surface area contributed by atoms with Crippen molar-refractivity contribution in [2.75, 3.05) is 36.5 Å². The zero-order valence-electron chi connectivity index (χ0n) is 16.1. The minimum Gasteiger partial charge on any atom is -0.383 e. The van der Waals surface area contributed by atoms with Crippen LogP contribution in [0.25, 0.3) is 16.6 Å². The number of amides is 1. The summed E-state index contributed by atoms with van der Waals surface area (Å²) in [6.07, 6.45) is -0.810. The number of aromatic nitrogens is 2. The fraction of sp³-hybridized carbons (Fsp3) is 0.333. The largest absolute Gasteiger partial charge is 0.383 e. The first kappa shape index (κ1) is 19.4. The maximum Gasteiger partial charge on any atom is 0.254 e. The van der Waals surface area contributed by atoms with Crippen LogP contribution in [0.2, 0.25) is 0 Å². The van der Waals surface area contributed by atoms with Gasteiger partial charge in [0.15, 0.2) is 5.82 Å². The van der Waals surface area contributed by atoms with E-state index in [1.807, 2.05) is 18.2 Å². The fourth-order valence-corrected chi connectivity index (χ4v) is 3.47. The van der Waals surface area contributed by atoms with Gasteiger partial charge in [-0.25, -0.2) is 9.07 Å². The van der Waals surface area contributed by atoms with Crippen LogP contribution in [0.3, 0.4) is 0 Å². The Morgan fingerprint density at radius 1 is 1.24 bits per heavy atom. The van der Waals surface area contributed by atoms with Gasteiger partial charge in [0.1, 0.15) is 11.9 Å². The minimum atomic E-state index is -1.11. The maximum absolute atomic E-state index is 13.4. The number of anilines is 2. The molecule has 1 atom stereocenters. The van der Waals surface area contributed by atoms with Crippen molar-refractivity contribution in [3.63, 3.8) is 0 Å². The number of fused-ring (bicyclic) bond motifs is 1. The molecule has 2 aromatic carbocycles. The van der Waals surface area contributed by atoms with Gasteiger partial charge < -0.3 is 20.1 Å². The van der Waals surface area contributed by atoms with Crippen molar-refractivity contribution in [1.82, 2.24) is 9.78 Å². The highest BCUT2D eigenvalue weighted by Gasteiger charge is 2.23. The molecule has 152 valence electrons. The Kier molecular flexibility index (Phi) is 5.46. The highest BCUT2D eigenvalue weighted by atomic mass is 19.1. The average molecular weight is 398 g/mol. The average Bonchev–Trinajstić information content (AvgIpc) is 3.12. The third-order valence-electron chi connectivity index (χ3n) is 5.04. The molecule has 0 unspecified atom stereocenters. The number of ether oxygens (including phenoxy) is 1. The quantitative estimate of drug-likeness (QED) is 0.691. The molecule has 0 saturated carbocycles. The van der Waals surface area contributed by atoms with Crippen LogP contribution >= 0.6 is 0 Å². The van der Waals surface area contributed by atoms with Gasteiger partial charge in [0.05, 0.1) is 35.5 Å². The van der Waals surface area contributed by atoms with Crippen LogP contribution in [-0.4, -0.2) is 53.2 Å². The van der Waals surface area contributed by atoms with Crippen molar-refractivity contribution in [2.45, 2.75) is 19.4 Å². The number of aliphatic hydroxyl groups excluding tert-OH is 1. The van der Waals surface area contributed by atoms with Gasteiger partial charge in [-0.05, 0) is 42.8 Å². The number of hydrogen-bond acceptors (Lipinski definition) is 5. The van der Waals surface area contributed by atoms with E-state index in [0.717, 1.165) is 29.7 Å². The van der Waals surface area contributed by atoms with E-state index in [1.165, 1.54) is 12.1 Å². The van der Waals surface area contributed by atoms with Crippen molar-refractivity contribution < 1.29 is 19.0 Å². The molecule has 0 radical (unpaired) electrons. The molecule has 0 bridgehead atoms. The van der Waals surface area contributed by atoms with Gasteiger partial charge in [-0.1, -0.05) is 13.0 Å². The van der Waals surface area contributed by atoms with Crippen LogP contribution in [0.1, 0.15) is 13.3 Å². The van der Waals surface area contributed by atoms with E-state index in [2.05, 4.69) is 15.3 Å². The Morgan fingerprint density at radius 2 is 1.97 bits per heavy atom. The summed E-state index contributed by atoms with van der Waals surface area (Å²) in [6, 6.07) is 11.8. The smallest absolute Gasteiger partial charge is 0.254 e. The summed E-state index contributed by atoms with van der Waals surface area (Å²) in [4.78, 5) is 14.6. The molecule has 3 aromatic rings. The zero-order chi connectivity index (χ0) is 20.4. The number of rotatable bonds is 5. The predicted octanol–water partition coefficient (Wildman–Crippen LogP) is 2.71. The van der Waals surface area contributed by atoms with E-state index < -0.39 is 12.0 Å². The van der Waals surface area contributed by atoms with E-state index in [1.54, 1.807) is 23.7 Å². The standard InChI is InChI=1S/C21H23FN4O3/c1-2-18(27)21(28)23-20-19-16(25-10-12-29-13-11-25)4-3-5-17(19)26(24-20)15-8-6-14(22)7-9-15/h3-9,18,27H,2,10-13H2,1H3,(H,23,24,28)/t18-/m1/s1. The molecule has 2 N–H and O–H groups in total. The highest BCUT2D eigenvalue weighted by molar-refractivity contribution is 6.07. The van der Waals surface area contributed by atoms with Crippen LogP contribution in [0.4, 0.5) is 15.9 Å². The van der Waals surface area contributed by atoms with Crippen molar-refractivity contribution in [1.29, 1.82) is 0 Å². The molecule has 0 aliphatic carbocycles. The molecule has 1 aromatic heterocycles. The van der Waals surface area contributed by atoms with Crippen LogP contribution in [0.15, 0.2) is 42.5 Å². The summed E-state index contributed by atoms with van der Waals surface area (Å²) >= 11 is 0. The van der Waals surface area contributed by atoms with Gasteiger partial charge in [0.2, 0.25) is 0 Å². The first-order chi connectivity index (χ1) is 14.1. The Bertz CT molecular complexity index is 1010. The fourth-order valence-electron chi connectivity index (χ4n) is 3.47. The number of carbonyl (C=O) groups excluding carboxylic acids is 1. The third kappa shape index (κ3) is 3.81. The second-order valence-corrected chi connectivity index (χ2v) is 6.92. The van der Waals surface area contributed by atoms with Crippen LogP contribution in [0, 0.1) is 5.82 Å². The molecule has 1 saturated heterocycles. The second-order valence-electron chi connectivity index (χ2n) is 6.92. The molecule has 29 heavy (non-hydrogen) atoms. The normalized spacial score (nSPS) is 15.5. The summed E-state index contributed by atoms with van der Waals surface area (Å²) in [6.45, 7) is 4.44. The van der Waals surface area contributed by atoms with Gasteiger partial charge >= 0.3 is 0 Å². The number of nitrogens with one attached hydrogen (secondary N) is 1. The number of morpholine rings is 1. The Morgan fingerprint density at radius 3 is 2.66 bits per heavy atom. The summed E-state index contributed by atoms with van der Waals surface area (Å²) < 4.78 is 20.5. The van der Waals surface area contributed by atoms with E-state index in [9.17, 15) is 14.3 Å². The molecule has 4 rings (SSSR count). The van der Waals surface area contributed by atoms with Gasteiger partial charge in [-0.2, -0.15) is 0 Å². The molecule has 2 heterocycles. The van der Waals surface area contributed by atoms with Crippen LogP contribution in [-0.2, 0) is 9.53 Å². The lowest BCUT2D eigenvalue weighted by molar-refractivity contribution is -0.124. The SMILES string of the molecule is CC[C@@H](O)C(=O)Nc1nn(-c2ccc(F)cc2)c2cccc(N3CCOCC3)c12. The summed E-state index contributed by atoms with van der Waals surface area (Å²) in [5, 5.41) is 18.0. The number of benzene rings is 2. The predicted molar refractivity (Wildman–Crippen MR) is 109 cm³/mol. The Balaban J connectivity index is 1.86. The Labute approximate surface area is 167 Å². The van der Waals surface area contributed by atoms with Crippen molar-refractivity contribution in [3.05, 3.63) is 48.3 Å². The molecule has 1 amide bonds. The molecular weight excluding hydrogens is 375 g/mol. The molecule has 8 heteroatoms. The summed E-state index contributed by atoms with van der Waals surface area (Å²) in [5.41, 5.74) is 2.38. The molecule has 1 aliphatic heterocycles. The van der Waals surface area contributed by atoms with Gasteiger partial charge in [-0.3, -0.25) is 4.79 Å². The number of nitrogens with zero attached hydrogens (tertiary/aromatic N) is 3. The molecule has 1 fully saturated rings. The lowest BCUT2D eigenvalue weighted by Crippen LogP contribution is -2.36. The first-order valence-corrected chi connectivity index (χ1v) is 9.67. The highest BCUT2D eigenvalue weighted by Crippen LogP contribution is 2.35. The van der Waals surface area contributed by atoms with Crippen LogP contribution in [0.5, 0.6) is 0 Å². The van der Waals surface area contributed by atoms with E-state index >= 15 is 0 Å². The Hall–Kier alpha value is -2.97. The van der Waals surface area contributed by atoms with Crippen molar-refractivity contribution in [3.8, 4) is 5.69 Å². The number of hydrogen-bond donors (Lipinski definition) is 2. The van der Waals surface area contributed by atoms with Gasteiger partial charge in [-0.15, -0.1) is 5.10 Å². The van der Waals surface area contributed by atoms with E-state index in [0.29, 0.717) is 31.1 Å². The monoisotopic (exact) mass is 398 g/mol. The summed E-state index contributed by atoms with van der Waals surface area (Å²) in [5.74, 6) is -0.474. The molecule has 7 nitrogen and oxygen atoms in total. The maximum atomic E-state index is 13.4. The number of aliphatic hydroxyl groups is 1. The number of halogens is 1. The lowest BCUT2D eigenvalue weighted by Gasteiger charge is -2.29. The number of carbonyl (C=O) groups is 1. The van der Waals surface area contributed by atoms with Gasteiger partial charge in [0, 0.05) is 13.1 Å². The molecule has 1 aliphatic rings.